The highest BCUT2D eigenvalue weighted by Gasteiger charge is 2.28. The molecule has 8 heteroatoms. The molecule has 1 heterocycles. The Bertz CT molecular complexity index is 599. The summed E-state index contributed by atoms with van der Waals surface area (Å²) in [6, 6.07) is 5.34. The lowest BCUT2D eigenvalue weighted by Gasteiger charge is -2.31. The molecule has 1 saturated heterocycles. The molecule has 2 rings (SSSR count). The molecular formula is C12H10BrN3O4. The van der Waals surface area contributed by atoms with Crippen LogP contribution in [0.2, 0.25) is 0 Å². The first kappa shape index (κ1) is 14.4. The van der Waals surface area contributed by atoms with Crippen LogP contribution >= 0.6 is 15.9 Å². The maximum absolute atomic E-state index is 12.4. The zero-order chi connectivity index (χ0) is 14.7. The van der Waals surface area contributed by atoms with Gasteiger partial charge in [0.2, 0.25) is 0 Å². The normalized spacial score (nSPS) is 18.4. The fraction of sp³-hybridized carbons (Fsp3) is 0.333. The van der Waals surface area contributed by atoms with Crippen molar-refractivity contribution < 1.29 is 14.5 Å². The van der Waals surface area contributed by atoms with Gasteiger partial charge in [0.1, 0.15) is 6.04 Å². The number of hydrogen-bond donors (Lipinski definition) is 0. The molecule has 1 aliphatic heterocycles. The second-order valence-corrected chi connectivity index (χ2v) is 5.09. The minimum absolute atomic E-state index is 0.151. The summed E-state index contributed by atoms with van der Waals surface area (Å²) in [5.74, 6) is -0.413. The average Bonchev–Trinajstić information content (AvgIpc) is 2.45. The van der Waals surface area contributed by atoms with Crippen LogP contribution in [0.15, 0.2) is 22.7 Å². The van der Waals surface area contributed by atoms with Gasteiger partial charge < -0.3 is 9.64 Å². The van der Waals surface area contributed by atoms with Gasteiger partial charge in [0, 0.05) is 28.7 Å². The van der Waals surface area contributed by atoms with Gasteiger partial charge in [-0.05, 0) is 6.07 Å². The van der Waals surface area contributed by atoms with Gasteiger partial charge in [-0.3, -0.25) is 14.9 Å². The number of benzene rings is 1. The van der Waals surface area contributed by atoms with Gasteiger partial charge in [0.15, 0.2) is 0 Å². The van der Waals surface area contributed by atoms with Gasteiger partial charge in [0.25, 0.3) is 11.6 Å². The Hall–Kier alpha value is -1.98. The molecule has 1 atom stereocenters. The number of hydrogen-bond acceptors (Lipinski definition) is 5. The van der Waals surface area contributed by atoms with Crippen LogP contribution in [0, 0.1) is 21.4 Å². The SMILES string of the molecule is N#C[C@H]1COCCN1C(=O)c1cc(Br)cc([N+](=O)[O-])c1. The highest BCUT2D eigenvalue weighted by Crippen LogP contribution is 2.23. The summed E-state index contributed by atoms with van der Waals surface area (Å²) in [6.07, 6.45) is 0. The van der Waals surface area contributed by atoms with Gasteiger partial charge in [0.05, 0.1) is 24.2 Å². The predicted molar refractivity (Wildman–Crippen MR) is 72.1 cm³/mol. The summed E-state index contributed by atoms with van der Waals surface area (Å²) in [6.45, 7) is 0.787. The van der Waals surface area contributed by atoms with Crippen molar-refractivity contribution in [3.63, 3.8) is 0 Å². The molecule has 0 N–H and O–H groups in total. The van der Waals surface area contributed by atoms with E-state index in [1.54, 1.807) is 0 Å². The molecule has 0 unspecified atom stereocenters. The highest BCUT2D eigenvalue weighted by molar-refractivity contribution is 9.10. The number of morpholine rings is 1. The molecule has 0 aliphatic carbocycles. The molecule has 0 radical (unpaired) electrons. The summed E-state index contributed by atoms with van der Waals surface area (Å²) in [4.78, 5) is 24.0. The molecule has 1 aromatic carbocycles. The van der Waals surface area contributed by atoms with Crippen molar-refractivity contribution >= 4 is 27.5 Å². The maximum Gasteiger partial charge on any atom is 0.271 e. The van der Waals surface area contributed by atoms with Crippen LogP contribution in [0.5, 0.6) is 0 Å². The Labute approximate surface area is 123 Å². The molecule has 1 fully saturated rings. The molecule has 0 bridgehead atoms. The smallest absolute Gasteiger partial charge is 0.271 e. The zero-order valence-corrected chi connectivity index (χ0v) is 11.9. The van der Waals surface area contributed by atoms with Crippen LogP contribution in [-0.4, -0.2) is 41.5 Å². The third kappa shape index (κ3) is 2.95. The fourth-order valence-corrected chi connectivity index (χ4v) is 2.40. The van der Waals surface area contributed by atoms with E-state index < -0.39 is 16.9 Å². The summed E-state index contributed by atoms with van der Waals surface area (Å²) in [5.41, 5.74) is -0.00211. The topological polar surface area (TPSA) is 96.5 Å². The Balaban J connectivity index is 2.33. The third-order valence-electron chi connectivity index (χ3n) is 2.88. The molecule has 0 aromatic heterocycles. The number of non-ortho nitro benzene ring substituents is 1. The van der Waals surface area contributed by atoms with Gasteiger partial charge in [-0.25, -0.2) is 0 Å². The van der Waals surface area contributed by atoms with Crippen LogP contribution in [0.4, 0.5) is 5.69 Å². The van der Waals surface area contributed by atoms with Crippen LogP contribution in [-0.2, 0) is 4.74 Å². The zero-order valence-electron chi connectivity index (χ0n) is 10.3. The van der Waals surface area contributed by atoms with E-state index in [4.69, 9.17) is 10.00 Å². The van der Waals surface area contributed by atoms with Crippen molar-refractivity contribution in [1.82, 2.24) is 4.90 Å². The number of carbonyl (C=O) groups excluding carboxylic acids is 1. The van der Waals surface area contributed by atoms with E-state index in [-0.39, 0.29) is 24.4 Å². The van der Waals surface area contributed by atoms with Crippen LogP contribution < -0.4 is 0 Å². The number of halogens is 1. The van der Waals surface area contributed by atoms with Crippen LogP contribution in [0.3, 0.4) is 0 Å². The van der Waals surface area contributed by atoms with E-state index >= 15 is 0 Å². The fourth-order valence-electron chi connectivity index (χ4n) is 1.92. The highest BCUT2D eigenvalue weighted by atomic mass is 79.9. The van der Waals surface area contributed by atoms with Crippen molar-refractivity contribution in [3.8, 4) is 6.07 Å². The van der Waals surface area contributed by atoms with E-state index in [1.165, 1.54) is 23.1 Å². The van der Waals surface area contributed by atoms with Gasteiger partial charge >= 0.3 is 0 Å². The lowest BCUT2D eigenvalue weighted by atomic mass is 10.1. The molecule has 20 heavy (non-hydrogen) atoms. The van der Waals surface area contributed by atoms with Crippen molar-refractivity contribution in [2.75, 3.05) is 19.8 Å². The summed E-state index contributed by atoms with van der Waals surface area (Å²) >= 11 is 3.14. The molecule has 0 spiro atoms. The van der Waals surface area contributed by atoms with Gasteiger partial charge in [-0.2, -0.15) is 5.26 Å². The summed E-state index contributed by atoms with van der Waals surface area (Å²) < 4.78 is 5.58. The first-order valence-electron chi connectivity index (χ1n) is 5.76. The second kappa shape index (κ2) is 5.98. The summed E-state index contributed by atoms with van der Waals surface area (Å²) in [7, 11) is 0. The molecule has 1 amide bonds. The van der Waals surface area contributed by atoms with Gasteiger partial charge in [-0.15, -0.1) is 0 Å². The Morgan fingerprint density at radius 2 is 2.30 bits per heavy atom. The second-order valence-electron chi connectivity index (χ2n) is 4.17. The monoisotopic (exact) mass is 339 g/mol. The van der Waals surface area contributed by atoms with Crippen molar-refractivity contribution in [1.29, 1.82) is 5.26 Å². The quantitative estimate of drug-likeness (QED) is 0.603. The number of amides is 1. The molecule has 1 aromatic rings. The standard InChI is InChI=1S/C12H10BrN3O4/c13-9-3-8(4-10(5-9)16(18)19)12(17)15-1-2-20-7-11(15)6-14/h3-5,11H,1-2,7H2/t11-/m0/s1. The van der Waals surface area contributed by atoms with Crippen molar-refractivity contribution in [2.45, 2.75) is 6.04 Å². The number of rotatable bonds is 2. The number of nitrogens with zero attached hydrogens (tertiary/aromatic N) is 3. The van der Waals surface area contributed by atoms with Gasteiger partial charge in [-0.1, -0.05) is 15.9 Å². The molecule has 7 nitrogen and oxygen atoms in total. The summed E-state index contributed by atoms with van der Waals surface area (Å²) in [5, 5.41) is 19.8. The Morgan fingerprint density at radius 3 is 2.95 bits per heavy atom. The average molecular weight is 340 g/mol. The number of nitriles is 1. The van der Waals surface area contributed by atoms with Crippen LogP contribution in [0.25, 0.3) is 0 Å². The first-order valence-corrected chi connectivity index (χ1v) is 6.55. The van der Waals surface area contributed by atoms with Crippen LogP contribution in [0.1, 0.15) is 10.4 Å². The Morgan fingerprint density at radius 1 is 1.55 bits per heavy atom. The Kier molecular flexibility index (Phi) is 4.32. The van der Waals surface area contributed by atoms with E-state index in [0.29, 0.717) is 11.1 Å². The molecule has 0 saturated carbocycles. The number of nitro groups is 1. The first-order chi connectivity index (χ1) is 9.52. The molecular weight excluding hydrogens is 330 g/mol. The van der Waals surface area contributed by atoms with Crippen molar-refractivity contribution in [2.24, 2.45) is 0 Å². The third-order valence-corrected chi connectivity index (χ3v) is 3.34. The number of nitro benzene ring substituents is 1. The maximum atomic E-state index is 12.4. The number of ether oxygens (including phenoxy) is 1. The predicted octanol–water partition coefficient (Wildman–Crippen LogP) is 1.72. The van der Waals surface area contributed by atoms with E-state index in [9.17, 15) is 14.9 Å². The largest absolute Gasteiger partial charge is 0.376 e. The lowest BCUT2D eigenvalue weighted by Crippen LogP contribution is -2.48. The van der Waals surface area contributed by atoms with E-state index in [2.05, 4.69) is 15.9 Å². The lowest BCUT2D eigenvalue weighted by molar-refractivity contribution is -0.385. The van der Waals surface area contributed by atoms with E-state index in [1.807, 2.05) is 6.07 Å². The minimum atomic E-state index is -0.672. The van der Waals surface area contributed by atoms with E-state index in [0.717, 1.165) is 0 Å². The van der Waals surface area contributed by atoms with Crippen molar-refractivity contribution in [3.05, 3.63) is 38.3 Å². The molecule has 104 valence electrons. The minimum Gasteiger partial charge on any atom is -0.376 e. The molecule has 1 aliphatic rings. The number of carbonyl (C=O) groups is 1.